The minimum atomic E-state index is -0.578. The van der Waals surface area contributed by atoms with Crippen LogP contribution in [-0.2, 0) is 5.54 Å². The van der Waals surface area contributed by atoms with E-state index in [1.807, 2.05) is 24.3 Å². The number of nitrogens with zero attached hydrogens (tertiary/aromatic N) is 1. The zero-order valence-corrected chi connectivity index (χ0v) is 13.3. The molecule has 1 spiro atoms. The molecule has 122 valence electrons. The summed E-state index contributed by atoms with van der Waals surface area (Å²) >= 11 is 0. The number of aliphatic hydroxyl groups excluding tert-OH is 2. The Bertz CT molecular complexity index is 711. The lowest BCUT2D eigenvalue weighted by Crippen LogP contribution is -2.52. The highest BCUT2D eigenvalue weighted by Crippen LogP contribution is 2.53. The van der Waals surface area contributed by atoms with E-state index in [1.54, 1.807) is 14.2 Å². The predicted molar refractivity (Wildman–Crippen MR) is 85.6 cm³/mol. The summed E-state index contributed by atoms with van der Waals surface area (Å²) in [5, 5.41) is 20.9. The van der Waals surface area contributed by atoms with E-state index in [1.165, 1.54) is 5.57 Å². The lowest BCUT2D eigenvalue weighted by atomic mass is 9.71. The standard InChI is InChI=1S/C18H21NO4/c1-22-16-7-13-14(8-17(16)23-2)18-9-12(20)4-3-11(18)5-6-19(18)10-15(13)21/h3-5,7-8,12,15,20-21H,6,9-10H2,1-2H3/t12-,15+,18?/m0/s1. The molecule has 2 N–H and O–H groups in total. The SMILES string of the molecule is COc1cc2c(cc1OC)C13C[C@@H](O)C=CC1=CCN3C[C@H]2O. The number of aliphatic hydroxyl groups is 2. The normalized spacial score (nSPS) is 31.9. The minimum absolute atomic E-state index is 0.387. The molecule has 2 aliphatic heterocycles. The Morgan fingerprint density at radius 1 is 1.17 bits per heavy atom. The number of hydrogen-bond donors (Lipinski definition) is 2. The summed E-state index contributed by atoms with van der Waals surface area (Å²) in [6, 6.07) is 3.82. The van der Waals surface area contributed by atoms with Crippen LogP contribution in [0.15, 0.2) is 35.9 Å². The number of benzene rings is 1. The van der Waals surface area contributed by atoms with Gasteiger partial charge in [-0.1, -0.05) is 18.2 Å². The molecular formula is C18H21NO4. The van der Waals surface area contributed by atoms with E-state index in [0.717, 1.165) is 17.7 Å². The van der Waals surface area contributed by atoms with Crippen molar-refractivity contribution in [2.45, 2.75) is 24.2 Å². The third-order valence-electron chi connectivity index (χ3n) is 5.31. The lowest BCUT2D eigenvalue weighted by molar-refractivity contribution is 0.0206. The molecule has 3 aliphatic rings. The van der Waals surface area contributed by atoms with Crippen molar-refractivity contribution >= 4 is 0 Å². The van der Waals surface area contributed by atoms with Gasteiger partial charge in [-0.25, -0.2) is 0 Å². The number of hydrogen-bond acceptors (Lipinski definition) is 5. The maximum atomic E-state index is 10.6. The molecule has 2 heterocycles. The van der Waals surface area contributed by atoms with Gasteiger partial charge < -0.3 is 19.7 Å². The molecule has 5 heteroatoms. The highest BCUT2D eigenvalue weighted by molar-refractivity contribution is 5.58. The molecule has 23 heavy (non-hydrogen) atoms. The maximum absolute atomic E-state index is 10.6. The van der Waals surface area contributed by atoms with Gasteiger partial charge in [-0.05, 0) is 28.8 Å². The second-order valence-electron chi connectivity index (χ2n) is 6.37. The second-order valence-corrected chi connectivity index (χ2v) is 6.37. The third-order valence-corrected chi connectivity index (χ3v) is 5.31. The number of ether oxygens (including phenoxy) is 2. The smallest absolute Gasteiger partial charge is 0.161 e. The third kappa shape index (κ3) is 1.90. The van der Waals surface area contributed by atoms with E-state index < -0.39 is 12.2 Å². The van der Waals surface area contributed by atoms with Crippen LogP contribution in [0.2, 0.25) is 0 Å². The number of rotatable bonds is 2. The summed E-state index contributed by atoms with van der Waals surface area (Å²) in [5.41, 5.74) is 2.65. The van der Waals surface area contributed by atoms with Crippen molar-refractivity contribution in [2.24, 2.45) is 0 Å². The Labute approximate surface area is 135 Å². The van der Waals surface area contributed by atoms with Gasteiger partial charge in [0.2, 0.25) is 0 Å². The van der Waals surface area contributed by atoms with Crippen molar-refractivity contribution in [3.8, 4) is 11.5 Å². The second kappa shape index (κ2) is 5.09. The first-order chi connectivity index (χ1) is 11.1. The van der Waals surface area contributed by atoms with E-state index in [2.05, 4.69) is 11.0 Å². The van der Waals surface area contributed by atoms with Gasteiger partial charge in [0.1, 0.15) is 0 Å². The molecule has 0 fully saturated rings. The summed E-state index contributed by atoms with van der Waals surface area (Å²) in [5.74, 6) is 1.26. The van der Waals surface area contributed by atoms with Crippen molar-refractivity contribution in [3.63, 3.8) is 0 Å². The van der Waals surface area contributed by atoms with Crippen LogP contribution in [0.25, 0.3) is 0 Å². The largest absolute Gasteiger partial charge is 0.493 e. The fourth-order valence-electron chi connectivity index (χ4n) is 4.26. The topological polar surface area (TPSA) is 62.2 Å². The van der Waals surface area contributed by atoms with Crippen LogP contribution < -0.4 is 9.47 Å². The first-order valence-electron chi connectivity index (χ1n) is 7.86. The van der Waals surface area contributed by atoms with Crippen molar-refractivity contribution in [1.29, 1.82) is 0 Å². The molecule has 0 saturated carbocycles. The molecule has 4 rings (SSSR count). The van der Waals surface area contributed by atoms with Gasteiger partial charge in [-0.3, -0.25) is 4.90 Å². The molecule has 0 radical (unpaired) electrons. The molecule has 5 nitrogen and oxygen atoms in total. The van der Waals surface area contributed by atoms with Gasteiger partial charge in [-0.2, -0.15) is 0 Å². The van der Waals surface area contributed by atoms with Crippen molar-refractivity contribution < 1.29 is 19.7 Å². The first-order valence-corrected chi connectivity index (χ1v) is 7.86. The highest BCUT2D eigenvalue weighted by Gasteiger charge is 2.51. The molecule has 1 aliphatic carbocycles. The molecule has 0 amide bonds. The zero-order valence-electron chi connectivity index (χ0n) is 13.3. The molecule has 0 bridgehead atoms. The summed E-state index contributed by atoms with van der Waals surface area (Å²) in [6.07, 6.45) is 5.54. The Kier molecular flexibility index (Phi) is 3.27. The fraction of sp³-hybridized carbons (Fsp3) is 0.444. The van der Waals surface area contributed by atoms with E-state index in [0.29, 0.717) is 24.5 Å². The average molecular weight is 315 g/mol. The van der Waals surface area contributed by atoms with Crippen LogP contribution in [0.4, 0.5) is 0 Å². The van der Waals surface area contributed by atoms with Gasteiger partial charge in [-0.15, -0.1) is 0 Å². The van der Waals surface area contributed by atoms with Crippen LogP contribution in [-0.4, -0.2) is 48.5 Å². The molecule has 0 saturated heterocycles. The maximum Gasteiger partial charge on any atom is 0.161 e. The minimum Gasteiger partial charge on any atom is -0.493 e. The lowest BCUT2D eigenvalue weighted by Gasteiger charge is -2.49. The van der Waals surface area contributed by atoms with E-state index in [4.69, 9.17) is 9.47 Å². The van der Waals surface area contributed by atoms with Gasteiger partial charge in [0, 0.05) is 19.5 Å². The summed E-state index contributed by atoms with van der Waals surface area (Å²) in [6.45, 7) is 1.32. The molecule has 1 aromatic rings. The van der Waals surface area contributed by atoms with E-state index >= 15 is 0 Å². The van der Waals surface area contributed by atoms with Crippen molar-refractivity contribution in [2.75, 3.05) is 27.3 Å². The number of fused-ring (bicyclic) bond motifs is 1. The molecule has 1 aromatic carbocycles. The predicted octanol–water partition coefficient (Wildman–Crippen LogP) is 1.51. The Morgan fingerprint density at radius 2 is 1.91 bits per heavy atom. The van der Waals surface area contributed by atoms with Gasteiger partial charge in [0.15, 0.2) is 11.5 Å². The summed E-state index contributed by atoms with van der Waals surface area (Å²) in [7, 11) is 3.21. The van der Waals surface area contributed by atoms with Crippen LogP contribution in [0.5, 0.6) is 11.5 Å². The first kappa shape index (κ1) is 14.8. The monoisotopic (exact) mass is 315 g/mol. The van der Waals surface area contributed by atoms with Crippen molar-refractivity contribution in [3.05, 3.63) is 47.1 Å². The van der Waals surface area contributed by atoms with Crippen LogP contribution in [0.3, 0.4) is 0 Å². The van der Waals surface area contributed by atoms with Crippen molar-refractivity contribution in [1.82, 2.24) is 4.90 Å². The zero-order chi connectivity index (χ0) is 16.2. The van der Waals surface area contributed by atoms with E-state index in [9.17, 15) is 10.2 Å². The molecule has 0 aromatic heterocycles. The fourth-order valence-corrected chi connectivity index (χ4v) is 4.26. The molecular weight excluding hydrogens is 294 g/mol. The van der Waals surface area contributed by atoms with Crippen LogP contribution in [0, 0.1) is 0 Å². The highest BCUT2D eigenvalue weighted by atomic mass is 16.5. The van der Waals surface area contributed by atoms with Crippen LogP contribution >= 0.6 is 0 Å². The molecule has 1 unspecified atom stereocenters. The van der Waals surface area contributed by atoms with Gasteiger partial charge >= 0.3 is 0 Å². The van der Waals surface area contributed by atoms with Gasteiger partial charge in [0.05, 0.1) is 32.0 Å². The Balaban J connectivity index is 1.97. The molecule has 3 atom stereocenters. The van der Waals surface area contributed by atoms with Gasteiger partial charge in [0.25, 0.3) is 0 Å². The number of methoxy groups -OCH3 is 2. The quantitative estimate of drug-likeness (QED) is 0.866. The summed E-state index contributed by atoms with van der Waals surface area (Å²) < 4.78 is 10.9. The Hall–Kier alpha value is -1.82. The Morgan fingerprint density at radius 3 is 2.65 bits per heavy atom. The summed E-state index contributed by atoms with van der Waals surface area (Å²) in [4.78, 5) is 2.24. The average Bonchev–Trinajstić information content (AvgIpc) is 2.92. The van der Waals surface area contributed by atoms with Crippen LogP contribution in [0.1, 0.15) is 23.7 Å². The van der Waals surface area contributed by atoms with E-state index in [-0.39, 0.29) is 5.54 Å².